The normalized spacial score (nSPS) is 12.4. The number of hydrogen-bond donors (Lipinski definition) is 2. The molecule has 0 aliphatic carbocycles. The first-order valence-electron chi connectivity index (χ1n) is 6.17. The SMILES string of the molecule is Cc1cc(C(C)Nc2ccc(N)c(C)c2)c(C)o1. The fourth-order valence-corrected chi connectivity index (χ4v) is 2.17. The number of benzene rings is 1. The fourth-order valence-electron chi connectivity index (χ4n) is 2.17. The number of furan rings is 1. The first-order valence-corrected chi connectivity index (χ1v) is 6.17. The van der Waals surface area contributed by atoms with Crippen molar-refractivity contribution in [3.8, 4) is 0 Å². The van der Waals surface area contributed by atoms with Gasteiger partial charge in [-0.2, -0.15) is 0 Å². The van der Waals surface area contributed by atoms with E-state index in [9.17, 15) is 0 Å². The molecule has 18 heavy (non-hydrogen) atoms. The van der Waals surface area contributed by atoms with E-state index < -0.39 is 0 Å². The molecule has 0 radical (unpaired) electrons. The number of nitrogens with one attached hydrogen (secondary N) is 1. The summed E-state index contributed by atoms with van der Waals surface area (Å²) in [6.07, 6.45) is 0. The molecule has 0 spiro atoms. The average molecular weight is 244 g/mol. The third-order valence-corrected chi connectivity index (χ3v) is 3.20. The molecule has 1 atom stereocenters. The number of aryl methyl sites for hydroxylation is 3. The van der Waals surface area contributed by atoms with E-state index in [0.717, 1.165) is 28.5 Å². The van der Waals surface area contributed by atoms with Crippen LogP contribution >= 0.6 is 0 Å². The summed E-state index contributed by atoms with van der Waals surface area (Å²) in [4.78, 5) is 0. The summed E-state index contributed by atoms with van der Waals surface area (Å²) in [6.45, 7) is 8.10. The van der Waals surface area contributed by atoms with Gasteiger partial charge in [-0.05, 0) is 57.5 Å². The van der Waals surface area contributed by atoms with E-state index in [1.165, 1.54) is 5.56 Å². The molecule has 0 saturated carbocycles. The Morgan fingerprint density at radius 3 is 2.44 bits per heavy atom. The van der Waals surface area contributed by atoms with Gasteiger partial charge in [0, 0.05) is 16.9 Å². The van der Waals surface area contributed by atoms with E-state index in [2.05, 4.69) is 24.4 Å². The van der Waals surface area contributed by atoms with Crippen LogP contribution in [0.1, 0.15) is 35.6 Å². The second-order valence-electron chi connectivity index (χ2n) is 4.81. The summed E-state index contributed by atoms with van der Waals surface area (Å²) in [5.41, 5.74) is 10.0. The molecule has 2 rings (SSSR count). The van der Waals surface area contributed by atoms with Crippen molar-refractivity contribution in [2.24, 2.45) is 0 Å². The maximum Gasteiger partial charge on any atom is 0.106 e. The van der Waals surface area contributed by atoms with Crippen LogP contribution in [0.25, 0.3) is 0 Å². The van der Waals surface area contributed by atoms with Crippen LogP contribution < -0.4 is 11.1 Å². The second kappa shape index (κ2) is 4.77. The van der Waals surface area contributed by atoms with Crippen molar-refractivity contribution >= 4 is 11.4 Å². The highest BCUT2D eigenvalue weighted by atomic mass is 16.3. The number of nitrogens with two attached hydrogens (primary N) is 1. The molecule has 0 amide bonds. The van der Waals surface area contributed by atoms with Gasteiger partial charge in [0.1, 0.15) is 11.5 Å². The van der Waals surface area contributed by atoms with Crippen LogP contribution in [0.2, 0.25) is 0 Å². The molecule has 1 heterocycles. The molecule has 3 nitrogen and oxygen atoms in total. The van der Waals surface area contributed by atoms with Crippen LogP contribution in [0.15, 0.2) is 28.7 Å². The monoisotopic (exact) mass is 244 g/mol. The summed E-state index contributed by atoms with van der Waals surface area (Å²) in [6, 6.07) is 8.29. The van der Waals surface area contributed by atoms with Gasteiger partial charge in [0.2, 0.25) is 0 Å². The first kappa shape index (κ1) is 12.6. The van der Waals surface area contributed by atoms with Crippen molar-refractivity contribution in [3.63, 3.8) is 0 Å². The maximum atomic E-state index is 5.82. The highest BCUT2D eigenvalue weighted by Gasteiger charge is 2.12. The number of rotatable bonds is 3. The lowest BCUT2D eigenvalue weighted by Crippen LogP contribution is -2.07. The van der Waals surface area contributed by atoms with Crippen LogP contribution in [-0.2, 0) is 0 Å². The lowest BCUT2D eigenvalue weighted by Gasteiger charge is -2.15. The predicted molar refractivity (Wildman–Crippen MR) is 75.8 cm³/mol. The van der Waals surface area contributed by atoms with Gasteiger partial charge < -0.3 is 15.5 Å². The van der Waals surface area contributed by atoms with Crippen LogP contribution in [0, 0.1) is 20.8 Å². The Labute approximate surface area is 108 Å². The van der Waals surface area contributed by atoms with Crippen LogP contribution in [0.3, 0.4) is 0 Å². The van der Waals surface area contributed by atoms with Crippen molar-refractivity contribution in [2.75, 3.05) is 11.1 Å². The largest absolute Gasteiger partial charge is 0.466 e. The van der Waals surface area contributed by atoms with E-state index in [1.807, 2.05) is 32.9 Å². The summed E-state index contributed by atoms with van der Waals surface area (Å²) < 4.78 is 5.56. The third-order valence-electron chi connectivity index (χ3n) is 3.20. The quantitative estimate of drug-likeness (QED) is 0.803. The molecule has 0 aliphatic heterocycles. The Morgan fingerprint density at radius 1 is 1.17 bits per heavy atom. The molecular formula is C15H20N2O. The molecule has 2 aromatic rings. The zero-order valence-corrected chi connectivity index (χ0v) is 11.4. The summed E-state index contributed by atoms with van der Waals surface area (Å²) in [5.74, 6) is 1.92. The average Bonchev–Trinajstić information content (AvgIpc) is 2.63. The minimum absolute atomic E-state index is 0.213. The van der Waals surface area contributed by atoms with E-state index in [0.29, 0.717) is 0 Å². The molecule has 0 saturated heterocycles. The molecule has 96 valence electrons. The third kappa shape index (κ3) is 2.50. The minimum atomic E-state index is 0.213. The standard InChI is InChI=1S/C15H20N2O/c1-9-7-13(5-6-15(9)16)17-11(3)14-8-10(2)18-12(14)4/h5-8,11,17H,16H2,1-4H3. The molecule has 1 aromatic heterocycles. The topological polar surface area (TPSA) is 51.2 Å². The number of anilines is 2. The highest BCUT2D eigenvalue weighted by Crippen LogP contribution is 2.26. The van der Waals surface area contributed by atoms with E-state index in [-0.39, 0.29) is 6.04 Å². The van der Waals surface area contributed by atoms with Gasteiger partial charge in [-0.25, -0.2) is 0 Å². The zero-order valence-electron chi connectivity index (χ0n) is 11.4. The van der Waals surface area contributed by atoms with Crippen LogP contribution in [-0.4, -0.2) is 0 Å². The molecule has 1 unspecified atom stereocenters. The first-order chi connectivity index (χ1) is 8.47. The van der Waals surface area contributed by atoms with Crippen molar-refractivity contribution < 1.29 is 4.42 Å². The van der Waals surface area contributed by atoms with Gasteiger partial charge in [-0.3, -0.25) is 0 Å². The fraction of sp³-hybridized carbons (Fsp3) is 0.333. The van der Waals surface area contributed by atoms with Gasteiger partial charge in [0.25, 0.3) is 0 Å². The minimum Gasteiger partial charge on any atom is -0.466 e. The molecule has 3 heteroatoms. The van der Waals surface area contributed by atoms with E-state index in [4.69, 9.17) is 10.2 Å². The van der Waals surface area contributed by atoms with Gasteiger partial charge in [-0.1, -0.05) is 0 Å². The lowest BCUT2D eigenvalue weighted by molar-refractivity contribution is 0.500. The highest BCUT2D eigenvalue weighted by molar-refractivity contribution is 5.57. The number of hydrogen-bond acceptors (Lipinski definition) is 3. The van der Waals surface area contributed by atoms with Gasteiger partial charge in [0.05, 0.1) is 6.04 Å². The molecule has 0 fully saturated rings. The Balaban J connectivity index is 2.18. The van der Waals surface area contributed by atoms with Crippen molar-refractivity contribution in [3.05, 3.63) is 46.9 Å². The van der Waals surface area contributed by atoms with Gasteiger partial charge in [0.15, 0.2) is 0 Å². The molecule has 0 bridgehead atoms. The summed E-state index contributed by atoms with van der Waals surface area (Å²) in [7, 11) is 0. The Hall–Kier alpha value is -1.90. The Kier molecular flexibility index (Phi) is 3.32. The summed E-state index contributed by atoms with van der Waals surface area (Å²) >= 11 is 0. The second-order valence-corrected chi connectivity index (χ2v) is 4.81. The van der Waals surface area contributed by atoms with Crippen molar-refractivity contribution in [2.45, 2.75) is 33.7 Å². The Bertz CT molecular complexity index is 558. The smallest absolute Gasteiger partial charge is 0.106 e. The molecule has 3 N–H and O–H groups in total. The molecule has 0 aliphatic rings. The van der Waals surface area contributed by atoms with Crippen molar-refractivity contribution in [1.82, 2.24) is 0 Å². The predicted octanol–water partition coefficient (Wildman–Crippen LogP) is 3.96. The van der Waals surface area contributed by atoms with Crippen LogP contribution in [0.5, 0.6) is 0 Å². The van der Waals surface area contributed by atoms with E-state index in [1.54, 1.807) is 0 Å². The zero-order chi connectivity index (χ0) is 13.3. The maximum absolute atomic E-state index is 5.82. The van der Waals surface area contributed by atoms with Crippen LogP contribution in [0.4, 0.5) is 11.4 Å². The van der Waals surface area contributed by atoms with Crippen molar-refractivity contribution in [1.29, 1.82) is 0 Å². The molecular weight excluding hydrogens is 224 g/mol. The van der Waals surface area contributed by atoms with Gasteiger partial charge >= 0.3 is 0 Å². The van der Waals surface area contributed by atoms with E-state index >= 15 is 0 Å². The lowest BCUT2D eigenvalue weighted by atomic mass is 10.1. The number of nitrogen functional groups attached to an aromatic ring is 1. The molecule has 1 aromatic carbocycles. The van der Waals surface area contributed by atoms with Gasteiger partial charge in [-0.15, -0.1) is 0 Å². The Morgan fingerprint density at radius 2 is 1.89 bits per heavy atom. The summed E-state index contributed by atoms with van der Waals surface area (Å²) in [5, 5.41) is 3.46.